The number of carbonyl (C=O) groups is 1. The van der Waals surface area contributed by atoms with E-state index in [4.69, 9.17) is 11.6 Å². The Morgan fingerprint density at radius 2 is 2.12 bits per heavy atom. The fourth-order valence-electron chi connectivity index (χ4n) is 3.11. The van der Waals surface area contributed by atoms with Crippen LogP contribution in [0.25, 0.3) is 0 Å². The van der Waals surface area contributed by atoms with E-state index in [0.29, 0.717) is 17.8 Å². The first-order valence-corrected chi connectivity index (χ1v) is 11.1. The fourth-order valence-corrected chi connectivity index (χ4v) is 4.74. The molecule has 0 aromatic heterocycles. The average Bonchev–Trinajstić information content (AvgIpc) is 2.61. The molecule has 2 rings (SSSR count). The summed E-state index contributed by atoms with van der Waals surface area (Å²) in [6.45, 7) is 6.69. The molecule has 0 spiro atoms. The second-order valence-corrected chi connectivity index (χ2v) is 8.78. The lowest BCUT2D eigenvalue weighted by atomic mass is 10.0. The molecule has 6 nitrogen and oxygen atoms in total. The van der Waals surface area contributed by atoms with E-state index in [-0.39, 0.29) is 28.8 Å². The Morgan fingerprint density at radius 1 is 1.38 bits per heavy atom. The van der Waals surface area contributed by atoms with E-state index < -0.39 is 10.0 Å². The maximum atomic E-state index is 13.0. The van der Waals surface area contributed by atoms with Gasteiger partial charge >= 0.3 is 0 Å². The van der Waals surface area contributed by atoms with Crippen LogP contribution in [0.4, 0.5) is 11.4 Å². The van der Waals surface area contributed by atoms with E-state index in [2.05, 4.69) is 21.9 Å². The zero-order valence-corrected chi connectivity index (χ0v) is 17.2. The average molecular weight is 402 g/mol. The molecule has 0 saturated carbocycles. The second-order valence-electron chi connectivity index (χ2n) is 6.83. The Kier molecular flexibility index (Phi) is 7.32. The number of halogens is 1. The molecule has 0 radical (unpaired) electrons. The van der Waals surface area contributed by atoms with Crippen molar-refractivity contribution in [3.8, 4) is 0 Å². The predicted molar refractivity (Wildman–Crippen MR) is 107 cm³/mol. The van der Waals surface area contributed by atoms with E-state index in [9.17, 15) is 13.2 Å². The van der Waals surface area contributed by atoms with Crippen LogP contribution in [-0.4, -0.2) is 38.8 Å². The minimum absolute atomic E-state index is 0.173. The van der Waals surface area contributed by atoms with Crippen molar-refractivity contribution >= 4 is 38.9 Å². The molecule has 0 unspecified atom stereocenters. The van der Waals surface area contributed by atoms with E-state index in [1.54, 1.807) is 12.1 Å². The molecular formula is C18H28ClN3O3S. The Morgan fingerprint density at radius 3 is 2.73 bits per heavy atom. The van der Waals surface area contributed by atoms with Crippen LogP contribution in [0.3, 0.4) is 0 Å². The molecule has 146 valence electrons. The summed E-state index contributed by atoms with van der Waals surface area (Å²) in [6.07, 6.45) is 3.91. The van der Waals surface area contributed by atoms with Crippen LogP contribution in [0.5, 0.6) is 0 Å². The minimum Gasteiger partial charge on any atom is -0.368 e. The molecule has 1 aliphatic heterocycles. The topological polar surface area (TPSA) is 78.5 Å². The molecule has 26 heavy (non-hydrogen) atoms. The van der Waals surface area contributed by atoms with E-state index >= 15 is 0 Å². The summed E-state index contributed by atoms with van der Waals surface area (Å²) in [5.74, 6) is -0.554. The van der Waals surface area contributed by atoms with Crippen molar-refractivity contribution in [2.45, 2.75) is 63.4 Å². The Balaban J connectivity index is 2.47. The highest BCUT2D eigenvalue weighted by atomic mass is 35.5. The van der Waals surface area contributed by atoms with Gasteiger partial charge in [0.1, 0.15) is 10.8 Å². The third-order valence-electron chi connectivity index (χ3n) is 4.74. The number of anilines is 2. The van der Waals surface area contributed by atoms with Crippen LogP contribution in [0.2, 0.25) is 0 Å². The lowest BCUT2D eigenvalue weighted by molar-refractivity contribution is -0.113. The number of carbonyl (C=O) groups excluding carboxylic acids is 1. The quantitative estimate of drug-likeness (QED) is 0.687. The van der Waals surface area contributed by atoms with E-state index in [1.165, 1.54) is 6.07 Å². The number of rotatable bonds is 7. The van der Waals surface area contributed by atoms with E-state index in [0.717, 1.165) is 25.8 Å². The minimum atomic E-state index is -3.72. The summed E-state index contributed by atoms with van der Waals surface area (Å²) < 4.78 is 28.7. The number of hydrogen-bond donors (Lipinski definition) is 2. The first-order valence-electron chi connectivity index (χ1n) is 9.07. The Labute approximate surface area is 161 Å². The molecule has 1 saturated heterocycles. The summed E-state index contributed by atoms with van der Waals surface area (Å²) in [4.78, 5) is 13.9. The smallest absolute Gasteiger partial charge is 0.242 e. The van der Waals surface area contributed by atoms with Crippen LogP contribution < -0.4 is 14.9 Å². The maximum absolute atomic E-state index is 13.0. The molecule has 2 N–H and O–H groups in total. The predicted octanol–water partition coefficient (Wildman–Crippen LogP) is 3.32. The monoisotopic (exact) mass is 401 g/mol. The number of nitrogens with zero attached hydrogens (tertiary/aromatic N) is 1. The number of nitrogens with one attached hydrogen (secondary N) is 2. The summed E-state index contributed by atoms with van der Waals surface area (Å²) in [5.41, 5.74) is 1.10. The summed E-state index contributed by atoms with van der Waals surface area (Å²) in [6, 6.07) is 5.11. The molecule has 1 aromatic carbocycles. The zero-order chi connectivity index (χ0) is 19.3. The van der Waals surface area contributed by atoms with Crippen LogP contribution >= 0.6 is 11.6 Å². The molecule has 1 aliphatic rings. The highest BCUT2D eigenvalue weighted by molar-refractivity contribution is 7.89. The SMILES string of the molecule is CC[C@@H](C)NS(=O)(=O)c1cc(NC(=O)CCl)ccc1N1CCCC[C@@H]1C. The highest BCUT2D eigenvalue weighted by Gasteiger charge is 2.27. The molecule has 1 heterocycles. The van der Waals surface area contributed by atoms with Gasteiger partial charge in [0.25, 0.3) is 0 Å². The Hall–Kier alpha value is -1.31. The first kappa shape index (κ1) is 21.0. The molecule has 2 atom stereocenters. The van der Waals surface area contributed by atoms with Gasteiger partial charge in [0.2, 0.25) is 15.9 Å². The van der Waals surface area contributed by atoms with Gasteiger partial charge in [-0.2, -0.15) is 0 Å². The van der Waals surface area contributed by atoms with Gasteiger partial charge in [0.05, 0.1) is 5.69 Å². The third kappa shape index (κ3) is 5.11. The van der Waals surface area contributed by atoms with Crippen molar-refractivity contribution in [3.63, 3.8) is 0 Å². The summed E-state index contributed by atoms with van der Waals surface area (Å²) >= 11 is 5.54. The highest BCUT2D eigenvalue weighted by Crippen LogP contribution is 2.33. The second kappa shape index (κ2) is 9.06. The third-order valence-corrected chi connectivity index (χ3v) is 6.60. The van der Waals surface area contributed by atoms with Crippen molar-refractivity contribution in [2.75, 3.05) is 22.6 Å². The number of sulfonamides is 1. The number of piperidine rings is 1. The van der Waals surface area contributed by atoms with Gasteiger partial charge < -0.3 is 10.2 Å². The summed E-state index contributed by atoms with van der Waals surface area (Å²) in [5, 5.41) is 2.63. The van der Waals surface area contributed by atoms with E-state index in [1.807, 2.05) is 13.8 Å². The molecule has 0 bridgehead atoms. The number of alkyl halides is 1. The maximum Gasteiger partial charge on any atom is 0.242 e. The van der Waals surface area contributed by atoms with Gasteiger partial charge in [-0.3, -0.25) is 4.79 Å². The molecule has 8 heteroatoms. The molecule has 1 amide bonds. The molecule has 1 fully saturated rings. The lowest BCUT2D eigenvalue weighted by Crippen LogP contribution is -2.39. The summed E-state index contributed by atoms with van der Waals surface area (Å²) in [7, 11) is -3.72. The molecular weight excluding hydrogens is 374 g/mol. The van der Waals surface area contributed by atoms with Crippen molar-refractivity contribution in [2.24, 2.45) is 0 Å². The number of benzene rings is 1. The standard InChI is InChI=1S/C18H28ClN3O3S/c1-4-13(2)21-26(24,25)17-11-15(20-18(23)12-19)8-9-16(17)22-10-6-5-7-14(22)3/h8-9,11,13-14,21H,4-7,10,12H2,1-3H3,(H,20,23)/t13-,14+/m1/s1. The van der Waals surface area contributed by atoms with Gasteiger partial charge in [0, 0.05) is 24.3 Å². The normalized spacial score (nSPS) is 19.2. The van der Waals surface area contributed by atoms with Gasteiger partial charge in [-0.25, -0.2) is 13.1 Å². The van der Waals surface area contributed by atoms with Crippen LogP contribution in [0.15, 0.2) is 23.1 Å². The largest absolute Gasteiger partial charge is 0.368 e. The number of amides is 1. The van der Waals surface area contributed by atoms with Gasteiger partial charge in [0.15, 0.2) is 0 Å². The Bertz CT molecular complexity index is 739. The number of hydrogen-bond acceptors (Lipinski definition) is 4. The van der Waals surface area contributed by atoms with Crippen molar-refractivity contribution < 1.29 is 13.2 Å². The zero-order valence-electron chi connectivity index (χ0n) is 15.6. The molecule has 0 aliphatic carbocycles. The van der Waals surface area contributed by atoms with Gasteiger partial charge in [-0.05, 0) is 57.7 Å². The van der Waals surface area contributed by atoms with Crippen molar-refractivity contribution in [1.29, 1.82) is 0 Å². The van der Waals surface area contributed by atoms with Gasteiger partial charge in [-0.1, -0.05) is 6.92 Å². The van der Waals surface area contributed by atoms with Crippen LogP contribution in [0, 0.1) is 0 Å². The first-order chi connectivity index (χ1) is 12.3. The molecule has 1 aromatic rings. The fraction of sp³-hybridized carbons (Fsp3) is 0.611. The van der Waals surface area contributed by atoms with Crippen LogP contribution in [0.1, 0.15) is 46.5 Å². The van der Waals surface area contributed by atoms with Crippen LogP contribution in [-0.2, 0) is 14.8 Å². The van der Waals surface area contributed by atoms with Gasteiger partial charge in [-0.15, -0.1) is 11.6 Å². The van der Waals surface area contributed by atoms with Crippen molar-refractivity contribution in [3.05, 3.63) is 18.2 Å². The lowest BCUT2D eigenvalue weighted by Gasteiger charge is -2.36. The van der Waals surface area contributed by atoms with Crippen molar-refractivity contribution in [1.82, 2.24) is 4.72 Å².